The number of sulfonamides is 1. The Morgan fingerprint density at radius 1 is 1.11 bits per heavy atom. The topological polar surface area (TPSA) is 84.5 Å². The molecule has 6 nitrogen and oxygen atoms in total. The minimum Gasteiger partial charge on any atom is -0.494 e. The molecule has 2 N–H and O–H groups in total. The van der Waals surface area contributed by atoms with Crippen molar-refractivity contribution in [3.8, 4) is 5.75 Å². The highest BCUT2D eigenvalue weighted by Gasteiger charge is 2.28. The number of nitrogens with one attached hydrogen (secondary N) is 2. The molecular weight excluding hydrogens is 385 g/mol. The van der Waals surface area contributed by atoms with Crippen molar-refractivity contribution in [3.63, 3.8) is 0 Å². The average Bonchev–Trinajstić information content (AvgIpc) is 2.59. The molecule has 0 radical (unpaired) electrons. The van der Waals surface area contributed by atoms with Crippen LogP contribution in [0, 0.1) is 0 Å². The van der Waals surface area contributed by atoms with Crippen LogP contribution in [0.15, 0.2) is 53.4 Å². The molecule has 0 saturated carbocycles. The molecule has 0 aromatic heterocycles. The minimum absolute atomic E-state index is 0.0865. The highest BCUT2D eigenvalue weighted by atomic mass is 32.2. The summed E-state index contributed by atoms with van der Waals surface area (Å²) in [6, 6.07) is 10.9. The molecule has 0 saturated heterocycles. The van der Waals surface area contributed by atoms with E-state index < -0.39 is 28.7 Å². The predicted molar refractivity (Wildman–Crippen MR) is 93.2 cm³/mol. The predicted octanol–water partition coefficient (Wildman–Crippen LogP) is 3.18. The number of anilines is 1. The average molecular weight is 402 g/mol. The molecule has 2 rings (SSSR count). The van der Waals surface area contributed by atoms with Crippen LogP contribution in [-0.2, 0) is 10.0 Å². The Labute approximate surface area is 154 Å². The third kappa shape index (κ3) is 6.17. The van der Waals surface area contributed by atoms with Gasteiger partial charge in [-0.25, -0.2) is 8.42 Å². The van der Waals surface area contributed by atoms with Gasteiger partial charge in [-0.3, -0.25) is 9.52 Å². The second-order valence-electron chi connectivity index (χ2n) is 5.39. The summed E-state index contributed by atoms with van der Waals surface area (Å²) in [5.74, 6) is -0.456. The largest absolute Gasteiger partial charge is 0.494 e. The Bertz CT molecular complexity index is 897. The van der Waals surface area contributed by atoms with Crippen LogP contribution in [0.25, 0.3) is 0 Å². The van der Waals surface area contributed by atoms with Crippen molar-refractivity contribution in [2.75, 3.05) is 17.9 Å². The first-order valence-corrected chi connectivity index (χ1v) is 9.30. The van der Waals surface area contributed by atoms with E-state index in [2.05, 4.69) is 4.72 Å². The fraction of sp³-hybridized carbons (Fsp3) is 0.235. The summed E-state index contributed by atoms with van der Waals surface area (Å²) in [5.41, 5.74) is 0.199. The fourth-order valence-electron chi connectivity index (χ4n) is 2.10. The third-order valence-corrected chi connectivity index (χ3v) is 4.67. The molecule has 2 aromatic rings. The SMILES string of the molecule is CCOc1cccc(NS(=O)(=O)c2ccc(C(=O)NCC(F)(F)F)cc2)c1. The van der Waals surface area contributed by atoms with Crippen LogP contribution >= 0.6 is 0 Å². The summed E-state index contributed by atoms with van der Waals surface area (Å²) < 4.78 is 68.9. The van der Waals surface area contributed by atoms with Crippen LogP contribution in [0.3, 0.4) is 0 Å². The number of benzene rings is 2. The van der Waals surface area contributed by atoms with Gasteiger partial charge in [-0.15, -0.1) is 0 Å². The van der Waals surface area contributed by atoms with Gasteiger partial charge in [-0.1, -0.05) is 6.07 Å². The number of halogens is 3. The van der Waals surface area contributed by atoms with Crippen molar-refractivity contribution in [2.45, 2.75) is 18.0 Å². The van der Waals surface area contributed by atoms with Gasteiger partial charge in [-0.2, -0.15) is 13.2 Å². The smallest absolute Gasteiger partial charge is 0.405 e. The van der Waals surface area contributed by atoms with Gasteiger partial charge in [0.1, 0.15) is 12.3 Å². The Morgan fingerprint density at radius 3 is 2.37 bits per heavy atom. The van der Waals surface area contributed by atoms with E-state index in [1.807, 2.05) is 0 Å². The zero-order valence-corrected chi connectivity index (χ0v) is 15.0. The van der Waals surface area contributed by atoms with Gasteiger partial charge in [0.05, 0.1) is 17.2 Å². The van der Waals surface area contributed by atoms with Crippen LogP contribution in [0.1, 0.15) is 17.3 Å². The molecule has 146 valence electrons. The maximum Gasteiger partial charge on any atom is 0.405 e. The van der Waals surface area contributed by atoms with Crippen molar-refractivity contribution >= 4 is 21.6 Å². The number of rotatable bonds is 7. The van der Waals surface area contributed by atoms with Gasteiger partial charge in [-0.05, 0) is 43.3 Å². The van der Waals surface area contributed by atoms with Crippen molar-refractivity contribution in [1.82, 2.24) is 5.32 Å². The number of amides is 1. The first-order chi connectivity index (χ1) is 12.6. The van der Waals surface area contributed by atoms with Crippen molar-refractivity contribution in [3.05, 3.63) is 54.1 Å². The molecule has 10 heteroatoms. The zero-order chi connectivity index (χ0) is 20.1. The number of carbonyl (C=O) groups excluding carboxylic acids is 1. The summed E-state index contributed by atoms with van der Waals surface area (Å²) >= 11 is 0. The van der Waals surface area contributed by atoms with E-state index in [4.69, 9.17) is 4.74 Å². The lowest BCUT2D eigenvalue weighted by molar-refractivity contribution is -0.123. The summed E-state index contributed by atoms with van der Waals surface area (Å²) in [7, 11) is -3.94. The maximum atomic E-state index is 12.4. The Balaban J connectivity index is 2.11. The Kier molecular flexibility index (Phi) is 6.32. The Morgan fingerprint density at radius 2 is 1.78 bits per heavy atom. The van der Waals surface area contributed by atoms with E-state index in [1.54, 1.807) is 30.4 Å². The van der Waals surface area contributed by atoms with E-state index in [1.165, 1.54) is 6.07 Å². The number of hydrogen-bond acceptors (Lipinski definition) is 4. The van der Waals surface area contributed by atoms with E-state index >= 15 is 0 Å². The first-order valence-electron chi connectivity index (χ1n) is 7.81. The number of carbonyl (C=O) groups is 1. The lowest BCUT2D eigenvalue weighted by atomic mass is 10.2. The molecule has 0 aliphatic heterocycles. The van der Waals surface area contributed by atoms with Gasteiger partial charge in [0.2, 0.25) is 0 Å². The monoisotopic (exact) mass is 402 g/mol. The third-order valence-electron chi connectivity index (χ3n) is 3.27. The first kappa shape index (κ1) is 20.6. The molecule has 0 atom stereocenters. The molecule has 0 unspecified atom stereocenters. The molecular formula is C17H17F3N2O4S. The number of ether oxygens (including phenoxy) is 1. The van der Waals surface area contributed by atoms with Crippen molar-refractivity contribution in [1.29, 1.82) is 0 Å². The summed E-state index contributed by atoms with van der Waals surface area (Å²) in [4.78, 5) is 11.5. The molecule has 27 heavy (non-hydrogen) atoms. The van der Waals surface area contributed by atoms with Crippen LogP contribution in [0.5, 0.6) is 5.75 Å². The fourth-order valence-corrected chi connectivity index (χ4v) is 3.15. The maximum absolute atomic E-state index is 12.4. The van der Waals surface area contributed by atoms with Gasteiger partial charge < -0.3 is 10.1 Å². The molecule has 0 heterocycles. The van der Waals surface area contributed by atoms with Crippen LogP contribution in [0.2, 0.25) is 0 Å². The highest BCUT2D eigenvalue weighted by Crippen LogP contribution is 2.21. The molecule has 0 fully saturated rings. The number of alkyl halides is 3. The second kappa shape index (κ2) is 8.30. The van der Waals surface area contributed by atoms with Crippen LogP contribution in [0.4, 0.5) is 18.9 Å². The van der Waals surface area contributed by atoms with E-state index in [-0.39, 0.29) is 16.1 Å². The lowest BCUT2D eigenvalue weighted by Crippen LogP contribution is -2.33. The van der Waals surface area contributed by atoms with E-state index in [9.17, 15) is 26.4 Å². The van der Waals surface area contributed by atoms with Crippen LogP contribution in [-0.4, -0.2) is 33.7 Å². The molecule has 0 spiro atoms. The quantitative estimate of drug-likeness (QED) is 0.745. The van der Waals surface area contributed by atoms with Gasteiger partial charge in [0, 0.05) is 11.6 Å². The zero-order valence-electron chi connectivity index (χ0n) is 14.2. The minimum atomic E-state index is -4.53. The van der Waals surface area contributed by atoms with E-state index in [0.717, 1.165) is 24.3 Å². The van der Waals surface area contributed by atoms with E-state index in [0.29, 0.717) is 12.4 Å². The molecule has 2 aromatic carbocycles. The normalized spacial score (nSPS) is 11.7. The summed E-state index contributed by atoms with van der Waals surface area (Å²) in [5, 5.41) is 1.71. The highest BCUT2D eigenvalue weighted by molar-refractivity contribution is 7.92. The molecule has 0 bridgehead atoms. The molecule has 0 aliphatic carbocycles. The van der Waals surface area contributed by atoms with Crippen molar-refractivity contribution < 1.29 is 31.1 Å². The standard InChI is InChI=1S/C17H17F3N2O4S/c1-2-26-14-5-3-4-13(10-14)22-27(24,25)15-8-6-12(7-9-15)16(23)21-11-17(18,19)20/h3-10,22H,2,11H2,1H3,(H,21,23). The molecule has 1 amide bonds. The summed E-state index contributed by atoms with van der Waals surface area (Å²) in [6.07, 6.45) is -4.53. The van der Waals surface area contributed by atoms with Gasteiger partial charge in [0.25, 0.3) is 15.9 Å². The molecule has 0 aliphatic rings. The number of hydrogen-bond donors (Lipinski definition) is 2. The van der Waals surface area contributed by atoms with Crippen LogP contribution < -0.4 is 14.8 Å². The summed E-state index contributed by atoms with van der Waals surface area (Å²) in [6.45, 7) is 0.751. The van der Waals surface area contributed by atoms with Gasteiger partial charge in [0.15, 0.2) is 0 Å². The van der Waals surface area contributed by atoms with Crippen molar-refractivity contribution in [2.24, 2.45) is 0 Å². The second-order valence-corrected chi connectivity index (χ2v) is 7.07. The lowest BCUT2D eigenvalue weighted by Gasteiger charge is -2.11. The van der Waals surface area contributed by atoms with Gasteiger partial charge >= 0.3 is 6.18 Å². The Hall–Kier alpha value is -2.75.